The molecular weight excluding hydrogens is 400 g/mol. The highest BCUT2D eigenvalue weighted by Crippen LogP contribution is 2.17. The van der Waals surface area contributed by atoms with E-state index in [-0.39, 0.29) is 23.9 Å². The number of para-hydroxylation sites is 1. The van der Waals surface area contributed by atoms with E-state index in [9.17, 15) is 14.4 Å². The number of hydrogen-bond acceptors (Lipinski definition) is 6. The van der Waals surface area contributed by atoms with Crippen LogP contribution in [0.4, 0.5) is 5.82 Å². The SMILES string of the molecule is CCCc1cc(=O)[nH]c(-n2nc(C)cc2NC(=O)C(=O)NCc2ccccc2OC)n1. The van der Waals surface area contributed by atoms with E-state index in [4.69, 9.17) is 4.74 Å². The van der Waals surface area contributed by atoms with Crippen molar-refractivity contribution in [2.45, 2.75) is 33.2 Å². The Balaban J connectivity index is 1.75. The largest absolute Gasteiger partial charge is 0.496 e. The van der Waals surface area contributed by atoms with Crippen LogP contribution in [0.15, 0.2) is 41.2 Å². The second-order valence-corrected chi connectivity index (χ2v) is 6.84. The number of nitrogens with one attached hydrogen (secondary N) is 3. The molecule has 0 fully saturated rings. The van der Waals surface area contributed by atoms with E-state index < -0.39 is 11.8 Å². The quantitative estimate of drug-likeness (QED) is 0.493. The molecule has 2 heterocycles. The molecule has 31 heavy (non-hydrogen) atoms. The van der Waals surface area contributed by atoms with Crippen molar-refractivity contribution in [3.8, 4) is 11.7 Å². The van der Waals surface area contributed by atoms with Crippen molar-refractivity contribution < 1.29 is 14.3 Å². The first kappa shape index (κ1) is 21.8. The van der Waals surface area contributed by atoms with Crippen molar-refractivity contribution in [2.24, 2.45) is 0 Å². The molecule has 3 aromatic rings. The molecule has 0 spiro atoms. The molecule has 3 rings (SSSR count). The van der Waals surface area contributed by atoms with Gasteiger partial charge in [-0.2, -0.15) is 9.78 Å². The van der Waals surface area contributed by atoms with Crippen molar-refractivity contribution in [3.63, 3.8) is 0 Å². The number of H-pyrrole nitrogens is 1. The van der Waals surface area contributed by atoms with Crippen LogP contribution >= 0.6 is 0 Å². The fourth-order valence-corrected chi connectivity index (χ4v) is 3.01. The molecule has 3 N–H and O–H groups in total. The third kappa shape index (κ3) is 5.35. The summed E-state index contributed by atoms with van der Waals surface area (Å²) in [4.78, 5) is 43.7. The van der Waals surface area contributed by atoms with Gasteiger partial charge in [0.05, 0.1) is 12.8 Å². The first-order valence-corrected chi connectivity index (χ1v) is 9.79. The Labute approximate surface area is 178 Å². The molecular formula is C21H24N6O4. The minimum atomic E-state index is -0.872. The van der Waals surface area contributed by atoms with Crippen molar-refractivity contribution in [1.29, 1.82) is 0 Å². The van der Waals surface area contributed by atoms with Crippen molar-refractivity contribution in [2.75, 3.05) is 12.4 Å². The van der Waals surface area contributed by atoms with Crippen LogP contribution in [-0.4, -0.2) is 38.7 Å². The summed E-state index contributed by atoms with van der Waals surface area (Å²) in [6.07, 6.45) is 1.45. The highest BCUT2D eigenvalue weighted by molar-refractivity contribution is 6.39. The average molecular weight is 424 g/mol. The third-order valence-corrected chi connectivity index (χ3v) is 4.40. The predicted molar refractivity (Wildman–Crippen MR) is 114 cm³/mol. The Morgan fingerprint density at radius 2 is 1.97 bits per heavy atom. The monoisotopic (exact) mass is 424 g/mol. The highest BCUT2D eigenvalue weighted by atomic mass is 16.5. The summed E-state index contributed by atoms with van der Waals surface area (Å²) in [6.45, 7) is 3.83. The molecule has 0 radical (unpaired) electrons. The van der Waals surface area contributed by atoms with Gasteiger partial charge in [-0.05, 0) is 19.4 Å². The zero-order valence-corrected chi connectivity index (χ0v) is 17.6. The van der Waals surface area contributed by atoms with Gasteiger partial charge >= 0.3 is 11.8 Å². The molecule has 0 aliphatic heterocycles. The molecule has 0 atom stereocenters. The van der Waals surface area contributed by atoms with Gasteiger partial charge in [0.2, 0.25) is 5.95 Å². The Morgan fingerprint density at radius 1 is 1.19 bits per heavy atom. The van der Waals surface area contributed by atoms with Crippen LogP contribution in [0.5, 0.6) is 5.75 Å². The molecule has 0 saturated carbocycles. The molecule has 10 nitrogen and oxygen atoms in total. The first-order chi connectivity index (χ1) is 14.9. The van der Waals surface area contributed by atoms with Gasteiger partial charge in [-0.15, -0.1) is 0 Å². The third-order valence-electron chi connectivity index (χ3n) is 4.40. The lowest BCUT2D eigenvalue weighted by Crippen LogP contribution is -2.35. The van der Waals surface area contributed by atoms with Crippen LogP contribution in [0.3, 0.4) is 0 Å². The number of anilines is 1. The maximum atomic E-state index is 12.4. The number of hydrogen-bond donors (Lipinski definition) is 3. The predicted octanol–water partition coefficient (Wildman–Crippen LogP) is 1.48. The van der Waals surface area contributed by atoms with E-state index in [0.717, 1.165) is 12.0 Å². The molecule has 162 valence electrons. The number of carbonyl (C=O) groups excluding carboxylic acids is 2. The van der Waals surface area contributed by atoms with Crippen LogP contribution < -0.4 is 20.9 Å². The number of rotatable bonds is 7. The number of aryl methyl sites for hydroxylation is 2. The summed E-state index contributed by atoms with van der Waals surface area (Å²) in [5, 5.41) is 9.36. The Kier molecular flexibility index (Phi) is 6.81. The second-order valence-electron chi connectivity index (χ2n) is 6.84. The van der Waals surface area contributed by atoms with Gasteiger partial charge < -0.3 is 15.4 Å². The van der Waals surface area contributed by atoms with Crippen LogP contribution in [0.1, 0.15) is 30.3 Å². The maximum absolute atomic E-state index is 12.4. The lowest BCUT2D eigenvalue weighted by atomic mass is 10.2. The Hall–Kier alpha value is -3.95. The molecule has 2 amide bonds. The van der Waals surface area contributed by atoms with Crippen LogP contribution in [0.25, 0.3) is 5.95 Å². The number of methoxy groups -OCH3 is 1. The topological polar surface area (TPSA) is 131 Å². The number of benzene rings is 1. The fourth-order valence-electron chi connectivity index (χ4n) is 3.01. The molecule has 0 unspecified atom stereocenters. The minimum absolute atomic E-state index is 0.127. The lowest BCUT2D eigenvalue weighted by Gasteiger charge is -2.10. The van der Waals surface area contributed by atoms with E-state index in [1.165, 1.54) is 17.9 Å². The second kappa shape index (κ2) is 9.70. The van der Waals surface area contributed by atoms with Crippen LogP contribution in [0.2, 0.25) is 0 Å². The molecule has 0 aliphatic rings. The Morgan fingerprint density at radius 3 is 2.71 bits per heavy atom. The standard InChI is InChI=1S/C21H24N6O4/c1-4-7-15-11-18(28)25-21(23-15)27-17(10-13(2)26-27)24-20(30)19(29)22-12-14-8-5-6-9-16(14)31-3/h5-6,8-11H,4,7,12H2,1-3H3,(H,22,29)(H,24,30)(H,23,25,28). The van der Waals surface area contributed by atoms with E-state index in [1.54, 1.807) is 25.1 Å². The Bertz CT molecular complexity index is 1150. The van der Waals surface area contributed by atoms with E-state index in [1.807, 2.05) is 19.1 Å². The highest BCUT2D eigenvalue weighted by Gasteiger charge is 2.19. The van der Waals surface area contributed by atoms with Gasteiger partial charge in [0.15, 0.2) is 0 Å². The number of aromatic amines is 1. The van der Waals surface area contributed by atoms with E-state index in [2.05, 4.69) is 25.7 Å². The van der Waals surface area contributed by atoms with E-state index >= 15 is 0 Å². The molecule has 0 saturated heterocycles. The van der Waals surface area contributed by atoms with Gasteiger partial charge in [0, 0.05) is 29.9 Å². The molecule has 2 aromatic heterocycles. The summed E-state index contributed by atoms with van der Waals surface area (Å²) >= 11 is 0. The van der Waals surface area contributed by atoms with Crippen LogP contribution in [-0.2, 0) is 22.6 Å². The smallest absolute Gasteiger partial charge is 0.314 e. The van der Waals surface area contributed by atoms with Crippen molar-refractivity contribution in [1.82, 2.24) is 25.1 Å². The summed E-state index contributed by atoms with van der Waals surface area (Å²) in [6, 6.07) is 10.2. The molecule has 0 aliphatic carbocycles. The number of carbonyl (C=O) groups is 2. The number of amides is 2. The molecule has 10 heteroatoms. The normalized spacial score (nSPS) is 10.5. The van der Waals surface area contributed by atoms with E-state index in [0.29, 0.717) is 23.6 Å². The lowest BCUT2D eigenvalue weighted by molar-refractivity contribution is -0.136. The average Bonchev–Trinajstić information content (AvgIpc) is 3.12. The molecule has 1 aromatic carbocycles. The zero-order chi connectivity index (χ0) is 22.4. The van der Waals surface area contributed by atoms with Gasteiger partial charge in [-0.3, -0.25) is 19.4 Å². The first-order valence-electron chi connectivity index (χ1n) is 9.79. The van der Waals surface area contributed by atoms with Gasteiger partial charge in [0.25, 0.3) is 5.56 Å². The number of ether oxygens (including phenoxy) is 1. The summed E-state index contributed by atoms with van der Waals surface area (Å²) in [5.74, 6) is -0.708. The maximum Gasteiger partial charge on any atom is 0.314 e. The summed E-state index contributed by atoms with van der Waals surface area (Å²) in [5.41, 5.74) is 1.60. The number of aromatic nitrogens is 4. The van der Waals surface area contributed by atoms with Crippen molar-refractivity contribution >= 4 is 17.6 Å². The van der Waals surface area contributed by atoms with Crippen LogP contribution in [0, 0.1) is 6.92 Å². The number of nitrogens with zero attached hydrogens (tertiary/aromatic N) is 3. The fraction of sp³-hybridized carbons (Fsp3) is 0.286. The van der Waals surface area contributed by atoms with Gasteiger partial charge in [-0.1, -0.05) is 31.5 Å². The van der Waals surface area contributed by atoms with Gasteiger partial charge in [0.1, 0.15) is 11.6 Å². The van der Waals surface area contributed by atoms with Crippen molar-refractivity contribution in [3.05, 3.63) is 63.7 Å². The van der Waals surface area contributed by atoms with Gasteiger partial charge in [-0.25, -0.2) is 4.98 Å². The minimum Gasteiger partial charge on any atom is -0.496 e. The summed E-state index contributed by atoms with van der Waals surface area (Å²) in [7, 11) is 1.53. The molecule has 0 bridgehead atoms. The summed E-state index contributed by atoms with van der Waals surface area (Å²) < 4.78 is 6.53. The zero-order valence-electron chi connectivity index (χ0n) is 17.6.